The molecule has 10 heavy (non-hydrogen) atoms. The van der Waals surface area contributed by atoms with E-state index in [0.29, 0.717) is 6.54 Å². The molecule has 0 saturated heterocycles. The number of aliphatic carboxylic acids is 1. The Morgan fingerprint density at radius 2 is 1.90 bits per heavy atom. The molecule has 0 amide bonds. The molecule has 0 aliphatic heterocycles. The van der Waals surface area contributed by atoms with Crippen LogP contribution < -0.4 is 0 Å². The Hall–Kier alpha value is 0.0700. The van der Waals surface area contributed by atoms with Crippen molar-refractivity contribution >= 4 is 31.9 Å². The minimum atomic E-state index is -0.737. The number of nitrogens with zero attached hydrogens (tertiary/aromatic N) is 1. The lowest BCUT2D eigenvalue weighted by atomic mass is 10.4. The van der Waals surface area contributed by atoms with Crippen molar-refractivity contribution in [2.24, 2.45) is 0 Å². The Morgan fingerprint density at radius 3 is 2.00 bits per heavy atom. The van der Waals surface area contributed by atoms with E-state index in [-0.39, 0.29) is 32.3 Å². The molecule has 5 heteroatoms. The van der Waals surface area contributed by atoms with Gasteiger partial charge >= 0.3 is 5.97 Å². The first-order valence-electron chi connectivity index (χ1n) is 2.49. The second kappa shape index (κ2) is 9.07. The molecule has 0 aromatic carbocycles. The highest BCUT2D eigenvalue weighted by atomic mass is 35.5. The molecule has 0 heterocycles. The summed E-state index contributed by atoms with van der Waals surface area (Å²) in [6, 6.07) is 0. The molecule has 0 spiro atoms. The summed E-state index contributed by atoms with van der Waals surface area (Å²) >= 11 is 0. The highest BCUT2D eigenvalue weighted by molar-refractivity contribution is 7.59. The summed E-state index contributed by atoms with van der Waals surface area (Å²) in [7, 11) is 3.70. The predicted molar refractivity (Wildman–Crippen MR) is 48.4 cm³/mol. The molecule has 0 aromatic heterocycles. The third-order valence-electron chi connectivity index (χ3n) is 0.773. The van der Waals surface area contributed by atoms with Crippen LogP contribution in [0.1, 0.15) is 6.42 Å². The monoisotopic (exact) mass is 187 g/mol. The average Bonchev–Trinajstić information content (AvgIpc) is 1.61. The van der Waals surface area contributed by atoms with Crippen LogP contribution in [0.4, 0.5) is 0 Å². The van der Waals surface area contributed by atoms with E-state index < -0.39 is 5.97 Å². The van der Waals surface area contributed by atoms with Crippen molar-refractivity contribution in [3.63, 3.8) is 0 Å². The average molecular weight is 188 g/mol. The van der Waals surface area contributed by atoms with E-state index in [1.807, 2.05) is 19.0 Å². The van der Waals surface area contributed by atoms with Gasteiger partial charge in [0.2, 0.25) is 0 Å². The minimum Gasteiger partial charge on any atom is -0.481 e. The largest absolute Gasteiger partial charge is 0.481 e. The van der Waals surface area contributed by atoms with Crippen LogP contribution in [0.15, 0.2) is 0 Å². The normalized spacial score (nSPS) is 7.90. The van der Waals surface area contributed by atoms with E-state index in [9.17, 15) is 4.79 Å². The molecule has 64 valence electrons. The number of carboxylic acid groups (broad SMARTS) is 1. The molecule has 0 bridgehead atoms. The number of hydrogen-bond donors (Lipinski definition) is 1. The zero-order chi connectivity index (χ0) is 6.57. The molecule has 0 radical (unpaired) electrons. The molecular formula is C5H14ClNO2S. The molecule has 0 aliphatic carbocycles. The van der Waals surface area contributed by atoms with Crippen LogP contribution in [-0.4, -0.2) is 36.6 Å². The summed E-state index contributed by atoms with van der Waals surface area (Å²) in [4.78, 5) is 11.7. The van der Waals surface area contributed by atoms with Gasteiger partial charge in [-0.25, -0.2) is 0 Å². The van der Waals surface area contributed by atoms with Crippen molar-refractivity contribution in [1.29, 1.82) is 0 Å². The van der Waals surface area contributed by atoms with Crippen molar-refractivity contribution < 1.29 is 9.90 Å². The third kappa shape index (κ3) is 15.7. The minimum absolute atomic E-state index is 0. The molecule has 3 nitrogen and oxygen atoms in total. The Kier molecular flexibility index (Phi) is 15.0. The van der Waals surface area contributed by atoms with Crippen molar-refractivity contribution in [1.82, 2.24) is 4.90 Å². The highest BCUT2D eigenvalue weighted by Gasteiger charge is 1.95. The van der Waals surface area contributed by atoms with Gasteiger partial charge in [0.1, 0.15) is 0 Å². The van der Waals surface area contributed by atoms with Gasteiger partial charge in [0.05, 0.1) is 6.42 Å². The zero-order valence-corrected chi connectivity index (χ0v) is 7.94. The van der Waals surface area contributed by atoms with E-state index in [2.05, 4.69) is 0 Å². The van der Waals surface area contributed by atoms with Gasteiger partial charge in [0, 0.05) is 6.54 Å². The maximum absolute atomic E-state index is 9.88. The summed E-state index contributed by atoms with van der Waals surface area (Å²) in [5.41, 5.74) is 0. The molecule has 1 N–H and O–H groups in total. The number of carbonyl (C=O) groups is 1. The summed E-state index contributed by atoms with van der Waals surface area (Å²) in [6.45, 7) is 0.620. The van der Waals surface area contributed by atoms with Gasteiger partial charge in [-0.15, -0.1) is 12.4 Å². The third-order valence-corrected chi connectivity index (χ3v) is 0.773. The Balaban J connectivity index is -0.000000245. The van der Waals surface area contributed by atoms with Gasteiger partial charge in [0.25, 0.3) is 0 Å². The van der Waals surface area contributed by atoms with Crippen LogP contribution in [0.3, 0.4) is 0 Å². The maximum Gasteiger partial charge on any atom is 0.304 e. The Morgan fingerprint density at radius 1 is 1.50 bits per heavy atom. The molecule has 0 rings (SSSR count). The molecular weight excluding hydrogens is 174 g/mol. The number of carboxylic acids is 1. The molecule has 0 aromatic rings. The van der Waals surface area contributed by atoms with Gasteiger partial charge in [-0.3, -0.25) is 4.79 Å². The summed E-state index contributed by atoms with van der Waals surface area (Å²) in [6.07, 6.45) is 0.229. The van der Waals surface area contributed by atoms with Crippen LogP contribution in [0, 0.1) is 0 Å². The first-order chi connectivity index (χ1) is 3.63. The molecule has 0 atom stereocenters. The Labute approximate surface area is 74.3 Å². The number of halogens is 1. The number of rotatable bonds is 3. The van der Waals surface area contributed by atoms with Crippen molar-refractivity contribution in [3.8, 4) is 0 Å². The smallest absolute Gasteiger partial charge is 0.304 e. The van der Waals surface area contributed by atoms with Crippen LogP contribution >= 0.6 is 25.9 Å². The zero-order valence-electron chi connectivity index (χ0n) is 6.13. The fourth-order valence-electron chi connectivity index (χ4n) is 0.319. The summed E-state index contributed by atoms with van der Waals surface area (Å²) < 4.78 is 0. The molecule has 0 aliphatic rings. The van der Waals surface area contributed by atoms with E-state index in [1.165, 1.54) is 0 Å². The molecule has 0 fully saturated rings. The lowest BCUT2D eigenvalue weighted by molar-refractivity contribution is -0.137. The number of hydrogen-bond acceptors (Lipinski definition) is 2. The SMILES string of the molecule is CN(C)CCC(=O)O.Cl.S. The molecule has 0 saturated carbocycles. The fraction of sp³-hybridized carbons (Fsp3) is 0.800. The lowest BCUT2D eigenvalue weighted by Gasteiger charge is -2.04. The molecule has 0 unspecified atom stereocenters. The van der Waals surface area contributed by atoms with Gasteiger partial charge in [-0.2, -0.15) is 13.5 Å². The fourth-order valence-corrected chi connectivity index (χ4v) is 0.319. The van der Waals surface area contributed by atoms with Gasteiger partial charge < -0.3 is 10.0 Å². The van der Waals surface area contributed by atoms with Crippen molar-refractivity contribution in [2.75, 3.05) is 20.6 Å². The lowest BCUT2D eigenvalue weighted by Crippen LogP contribution is -2.15. The first-order valence-corrected chi connectivity index (χ1v) is 2.49. The van der Waals surface area contributed by atoms with E-state index >= 15 is 0 Å². The van der Waals surface area contributed by atoms with Crippen molar-refractivity contribution in [3.05, 3.63) is 0 Å². The topological polar surface area (TPSA) is 40.5 Å². The van der Waals surface area contributed by atoms with Gasteiger partial charge in [-0.05, 0) is 14.1 Å². The first kappa shape index (κ1) is 16.6. The van der Waals surface area contributed by atoms with E-state index in [4.69, 9.17) is 5.11 Å². The standard InChI is InChI=1S/C5H11NO2.ClH.H2S/c1-6(2)4-3-5(7)8;;/h3-4H2,1-2H3,(H,7,8);1H;1H2. The predicted octanol–water partition coefficient (Wildman–Crippen LogP) is 0.557. The van der Waals surface area contributed by atoms with Gasteiger partial charge in [-0.1, -0.05) is 0 Å². The van der Waals surface area contributed by atoms with Crippen molar-refractivity contribution in [2.45, 2.75) is 6.42 Å². The van der Waals surface area contributed by atoms with Gasteiger partial charge in [0.15, 0.2) is 0 Å². The second-order valence-electron chi connectivity index (χ2n) is 1.95. The second-order valence-corrected chi connectivity index (χ2v) is 1.95. The van der Waals surface area contributed by atoms with E-state index in [1.54, 1.807) is 0 Å². The van der Waals surface area contributed by atoms with Crippen LogP contribution in [0.25, 0.3) is 0 Å². The Bertz CT molecular complexity index is 89.7. The highest BCUT2D eigenvalue weighted by Crippen LogP contribution is 1.80. The van der Waals surface area contributed by atoms with Crippen LogP contribution in [0.2, 0.25) is 0 Å². The van der Waals surface area contributed by atoms with Crippen LogP contribution in [-0.2, 0) is 4.79 Å². The summed E-state index contributed by atoms with van der Waals surface area (Å²) in [5, 5.41) is 8.14. The maximum atomic E-state index is 9.88. The van der Waals surface area contributed by atoms with E-state index in [0.717, 1.165) is 0 Å². The summed E-state index contributed by atoms with van der Waals surface area (Å²) in [5.74, 6) is -0.737. The van der Waals surface area contributed by atoms with Crippen LogP contribution in [0.5, 0.6) is 0 Å². The quantitative estimate of drug-likeness (QED) is 0.702.